The molecule has 0 aliphatic rings. The molecule has 0 spiro atoms. The van der Waals surface area contributed by atoms with Crippen LogP contribution in [0.3, 0.4) is 0 Å². The zero-order valence-electron chi connectivity index (χ0n) is 14.0. The van der Waals surface area contributed by atoms with Crippen LogP contribution in [0, 0.1) is 10.1 Å². The second kappa shape index (κ2) is 9.07. The van der Waals surface area contributed by atoms with Crippen molar-refractivity contribution in [3.63, 3.8) is 0 Å². The Balaban J connectivity index is 1.90. The van der Waals surface area contributed by atoms with Crippen molar-refractivity contribution >= 4 is 12.0 Å². The molecule has 0 saturated heterocycles. The molecule has 0 atom stereocenters. The van der Waals surface area contributed by atoms with E-state index in [0.717, 1.165) is 0 Å². The molecule has 0 saturated carbocycles. The van der Waals surface area contributed by atoms with E-state index in [1.165, 1.54) is 25.3 Å². The lowest BCUT2D eigenvalue weighted by molar-refractivity contribution is -0.763. The van der Waals surface area contributed by atoms with Crippen LogP contribution >= 0.6 is 0 Å². The fourth-order valence-corrected chi connectivity index (χ4v) is 2.10. The maximum atomic E-state index is 11.8. The average Bonchev–Trinajstić information content (AvgIpc) is 2.64. The summed E-state index contributed by atoms with van der Waals surface area (Å²) < 4.78 is 10.1. The Morgan fingerprint density at radius 2 is 1.92 bits per heavy atom. The van der Waals surface area contributed by atoms with Crippen LogP contribution in [0.5, 0.6) is 11.5 Å². The SMILES string of the molecule is COc1cc(C=CC(=O)OCc2cccc(CO[N+](=O)[O-])c2)ccc1O. The Hall–Kier alpha value is -3.55. The molecule has 0 aliphatic heterocycles. The molecule has 0 radical (unpaired) electrons. The maximum absolute atomic E-state index is 11.8. The lowest BCUT2D eigenvalue weighted by atomic mass is 10.1. The third-order valence-corrected chi connectivity index (χ3v) is 3.32. The maximum Gasteiger partial charge on any atom is 0.331 e. The van der Waals surface area contributed by atoms with Crippen LogP contribution in [0.15, 0.2) is 48.5 Å². The van der Waals surface area contributed by atoms with Crippen molar-refractivity contribution < 1.29 is 29.3 Å². The van der Waals surface area contributed by atoms with Gasteiger partial charge < -0.3 is 19.4 Å². The van der Waals surface area contributed by atoms with E-state index in [1.807, 2.05) is 0 Å². The molecule has 1 N–H and O–H groups in total. The first-order valence-corrected chi connectivity index (χ1v) is 7.55. The van der Waals surface area contributed by atoms with Crippen molar-refractivity contribution in [1.29, 1.82) is 0 Å². The summed E-state index contributed by atoms with van der Waals surface area (Å²) in [7, 11) is 1.43. The third-order valence-electron chi connectivity index (χ3n) is 3.32. The second-order valence-electron chi connectivity index (χ2n) is 5.19. The number of rotatable bonds is 8. The van der Waals surface area contributed by atoms with Gasteiger partial charge in [-0.15, -0.1) is 10.1 Å². The van der Waals surface area contributed by atoms with Crippen LogP contribution in [0.4, 0.5) is 0 Å². The van der Waals surface area contributed by atoms with Gasteiger partial charge in [-0.3, -0.25) is 0 Å². The molecule has 26 heavy (non-hydrogen) atoms. The standard InChI is InChI=1S/C18H17NO7/c1-24-17-10-13(5-7-16(17)20)6-8-18(21)25-11-14-3-2-4-15(9-14)12-26-19(22)23/h2-10,20H,11-12H2,1H3. The number of hydrogen-bond acceptors (Lipinski definition) is 7. The molecule has 0 aromatic heterocycles. The normalized spacial score (nSPS) is 10.5. The van der Waals surface area contributed by atoms with Gasteiger partial charge in [-0.2, -0.15) is 0 Å². The number of nitrogens with zero attached hydrogens (tertiary/aromatic N) is 1. The zero-order valence-corrected chi connectivity index (χ0v) is 14.0. The molecule has 8 heteroatoms. The minimum absolute atomic E-state index is 0.00756. The van der Waals surface area contributed by atoms with Gasteiger partial charge in [-0.1, -0.05) is 30.3 Å². The predicted molar refractivity (Wildman–Crippen MR) is 91.7 cm³/mol. The van der Waals surface area contributed by atoms with Crippen LogP contribution in [-0.2, 0) is 27.6 Å². The highest BCUT2D eigenvalue weighted by Gasteiger charge is 2.04. The summed E-state index contributed by atoms with van der Waals surface area (Å²) in [4.78, 5) is 26.3. The summed E-state index contributed by atoms with van der Waals surface area (Å²) >= 11 is 0. The second-order valence-corrected chi connectivity index (χ2v) is 5.19. The van der Waals surface area contributed by atoms with Gasteiger partial charge in [0, 0.05) is 6.08 Å². The molecule has 0 fully saturated rings. The van der Waals surface area contributed by atoms with Gasteiger partial charge >= 0.3 is 5.97 Å². The Morgan fingerprint density at radius 1 is 1.19 bits per heavy atom. The summed E-state index contributed by atoms with van der Waals surface area (Å²) in [5.41, 5.74) is 1.94. The molecule has 0 bridgehead atoms. The molecule has 0 unspecified atom stereocenters. The number of carbonyl (C=O) groups excluding carboxylic acids is 1. The Labute approximate surface area is 149 Å². The Bertz CT molecular complexity index is 817. The van der Waals surface area contributed by atoms with Crippen molar-refractivity contribution in [1.82, 2.24) is 0 Å². The van der Waals surface area contributed by atoms with Crippen LogP contribution in [-0.4, -0.2) is 23.3 Å². The topological polar surface area (TPSA) is 108 Å². The number of phenols is 1. The van der Waals surface area contributed by atoms with E-state index in [1.54, 1.807) is 36.4 Å². The first kappa shape index (κ1) is 18.8. The fourth-order valence-electron chi connectivity index (χ4n) is 2.10. The number of carbonyl (C=O) groups is 1. The molecule has 2 aromatic rings. The summed E-state index contributed by atoms with van der Waals surface area (Å²) in [6, 6.07) is 11.4. The van der Waals surface area contributed by atoms with Crippen molar-refractivity contribution in [2.45, 2.75) is 13.2 Å². The predicted octanol–water partition coefficient (Wildman–Crippen LogP) is 2.87. The lowest BCUT2D eigenvalue weighted by Gasteiger charge is -2.05. The highest BCUT2D eigenvalue weighted by atomic mass is 16.9. The van der Waals surface area contributed by atoms with Crippen LogP contribution in [0.1, 0.15) is 16.7 Å². The average molecular weight is 359 g/mol. The molecular weight excluding hydrogens is 342 g/mol. The summed E-state index contributed by atoms with van der Waals surface area (Å²) in [5.74, 6) is -0.244. The fraction of sp³-hybridized carbons (Fsp3) is 0.167. The van der Waals surface area contributed by atoms with Gasteiger partial charge in [-0.05, 0) is 34.9 Å². The molecule has 8 nitrogen and oxygen atoms in total. The Morgan fingerprint density at radius 3 is 2.62 bits per heavy atom. The van der Waals surface area contributed by atoms with Crippen LogP contribution in [0.25, 0.3) is 6.08 Å². The molecule has 2 rings (SSSR count). The highest BCUT2D eigenvalue weighted by Crippen LogP contribution is 2.26. The molecular formula is C18H17NO7. The molecule has 0 aliphatic carbocycles. The summed E-state index contributed by atoms with van der Waals surface area (Å²) in [5, 5.41) is 18.9. The quantitative estimate of drug-likeness (QED) is 0.334. The number of methoxy groups -OCH3 is 1. The van der Waals surface area contributed by atoms with Crippen LogP contribution in [0.2, 0.25) is 0 Å². The van der Waals surface area contributed by atoms with Crippen molar-refractivity contribution in [2.75, 3.05) is 7.11 Å². The number of hydrogen-bond donors (Lipinski definition) is 1. The minimum atomic E-state index is -0.865. The number of phenolic OH excluding ortho intramolecular Hbond substituents is 1. The number of ether oxygens (including phenoxy) is 2. The number of aromatic hydroxyl groups is 1. The zero-order chi connectivity index (χ0) is 18.9. The van der Waals surface area contributed by atoms with Gasteiger partial charge in [0.15, 0.2) is 11.5 Å². The van der Waals surface area contributed by atoms with E-state index in [9.17, 15) is 20.0 Å². The van der Waals surface area contributed by atoms with Crippen LogP contribution < -0.4 is 4.74 Å². The summed E-state index contributed by atoms with van der Waals surface area (Å²) in [6.45, 7) is -0.147. The third kappa shape index (κ3) is 5.82. The van der Waals surface area contributed by atoms with Gasteiger partial charge in [-0.25, -0.2) is 4.79 Å². The Kier molecular flexibility index (Phi) is 6.55. The van der Waals surface area contributed by atoms with E-state index in [2.05, 4.69) is 4.84 Å². The number of benzene rings is 2. The molecule has 136 valence electrons. The first-order chi connectivity index (χ1) is 12.5. The molecule has 0 amide bonds. The molecule has 2 aromatic carbocycles. The first-order valence-electron chi connectivity index (χ1n) is 7.55. The van der Waals surface area contributed by atoms with Crippen molar-refractivity contribution in [2.24, 2.45) is 0 Å². The highest BCUT2D eigenvalue weighted by molar-refractivity contribution is 5.87. The smallest absolute Gasteiger partial charge is 0.331 e. The van der Waals surface area contributed by atoms with E-state index < -0.39 is 11.1 Å². The lowest BCUT2D eigenvalue weighted by Crippen LogP contribution is -2.03. The van der Waals surface area contributed by atoms with E-state index in [4.69, 9.17) is 9.47 Å². The van der Waals surface area contributed by atoms with Crippen molar-refractivity contribution in [3.05, 3.63) is 75.3 Å². The van der Waals surface area contributed by atoms with Gasteiger partial charge in [0.05, 0.1) is 7.11 Å². The van der Waals surface area contributed by atoms with Gasteiger partial charge in [0.25, 0.3) is 5.09 Å². The monoisotopic (exact) mass is 359 g/mol. The number of esters is 1. The van der Waals surface area contributed by atoms with E-state index >= 15 is 0 Å². The molecule has 0 heterocycles. The summed E-state index contributed by atoms with van der Waals surface area (Å²) in [6.07, 6.45) is 2.79. The van der Waals surface area contributed by atoms with Gasteiger partial charge in [0.2, 0.25) is 0 Å². The van der Waals surface area contributed by atoms with Gasteiger partial charge in [0.1, 0.15) is 13.2 Å². The minimum Gasteiger partial charge on any atom is -0.504 e. The van der Waals surface area contributed by atoms with E-state index in [-0.39, 0.29) is 19.0 Å². The van der Waals surface area contributed by atoms with E-state index in [0.29, 0.717) is 22.4 Å². The largest absolute Gasteiger partial charge is 0.504 e. The van der Waals surface area contributed by atoms with Crippen molar-refractivity contribution in [3.8, 4) is 11.5 Å².